The highest BCUT2D eigenvalue weighted by Crippen LogP contribution is 2.19. The highest BCUT2D eigenvalue weighted by Gasteiger charge is 2.02. The van der Waals surface area contributed by atoms with Gasteiger partial charge in [0.05, 0.1) is 0 Å². The van der Waals surface area contributed by atoms with Crippen LogP contribution in [0.15, 0.2) is 267 Å². The van der Waals surface area contributed by atoms with Crippen LogP contribution in [0.1, 0.15) is 279 Å². The monoisotopic (exact) mass is 1640 g/mol. The van der Waals surface area contributed by atoms with Crippen molar-refractivity contribution in [3.8, 4) is 59.2 Å². The molecule has 0 heterocycles. The summed E-state index contributed by atoms with van der Waals surface area (Å²) in [6.07, 6.45) is 39.3. The molecule has 10 aromatic carbocycles. The number of benzene rings is 10. The normalized spacial score (nSPS) is 9.65. The van der Waals surface area contributed by atoms with Crippen LogP contribution < -0.4 is 0 Å². The first kappa shape index (κ1) is 104. The molecule has 610 valence electrons. The summed E-state index contributed by atoms with van der Waals surface area (Å²) in [4.78, 5) is 4.83. The Hall–Kier alpha value is -8.60. The third kappa shape index (κ3) is 49.2. The van der Waals surface area contributed by atoms with E-state index in [1.165, 1.54) is 220 Å². The lowest BCUT2D eigenvalue weighted by molar-refractivity contribution is 0.632. The van der Waals surface area contributed by atoms with Gasteiger partial charge in [-0.1, -0.05) is 283 Å². The Labute approximate surface area is 718 Å². The van der Waals surface area contributed by atoms with E-state index in [-0.39, 0.29) is 23.5 Å². The van der Waals surface area contributed by atoms with E-state index < -0.39 is 0 Å². The minimum absolute atomic E-state index is 0. The first-order valence-electron chi connectivity index (χ1n) is 40.9. The molecule has 0 unspecified atom stereocenters. The third-order valence-electron chi connectivity index (χ3n) is 18.7. The van der Waals surface area contributed by atoms with Crippen molar-refractivity contribution in [2.45, 2.75) is 252 Å². The molecular weight excluding hydrogens is 1520 g/mol. The van der Waals surface area contributed by atoms with Crippen LogP contribution in [0.5, 0.6) is 0 Å². The number of thiol groups is 5. The summed E-state index contributed by atoms with van der Waals surface area (Å²) in [6.45, 7) is 11.3. The average molecular weight is 1640 g/mol. The number of rotatable bonds is 30. The van der Waals surface area contributed by atoms with Crippen molar-refractivity contribution < 1.29 is 23.5 Å². The molecule has 0 aliphatic heterocycles. The molecule has 0 aromatic heterocycles. The average Bonchev–Trinajstić information content (AvgIpc) is 0.912. The smallest absolute Gasteiger partial charge is 0.0249 e. The molecule has 0 bridgehead atoms. The van der Waals surface area contributed by atoms with E-state index in [1.807, 2.05) is 121 Å². The summed E-state index contributed by atoms with van der Waals surface area (Å²) < 4.78 is 0. The molecule has 0 fully saturated rings. The summed E-state index contributed by atoms with van der Waals surface area (Å²) >= 11 is 21.4. The van der Waals surface area contributed by atoms with Gasteiger partial charge in [0.1, 0.15) is 0 Å². The van der Waals surface area contributed by atoms with Gasteiger partial charge in [-0.25, -0.2) is 0 Å². The molecule has 0 atom stereocenters. The van der Waals surface area contributed by atoms with Gasteiger partial charge in [0.25, 0.3) is 0 Å². The highest BCUT2D eigenvalue weighted by atomic mass is 32.1. The zero-order valence-corrected chi connectivity index (χ0v) is 73.1. The van der Waals surface area contributed by atoms with Crippen LogP contribution in [0.25, 0.3) is 0 Å². The molecular formula is C105H125F5S5. The van der Waals surface area contributed by atoms with E-state index in [0.29, 0.717) is 0 Å². The zero-order valence-electron chi connectivity index (χ0n) is 68.6. The molecule has 0 spiro atoms. The van der Waals surface area contributed by atoms with Crippen molar-refractivity contribution >= 4 is 63.1 Å². The third-order valence-corrected chi connectivity index (χ3v) is 20.2. The number of halogens is 5. The Kier molecular flexibility index (Phi) is 60.4. The van der Waals surface area contributed by atoms with Gasteiger partial charge < -0.3 is 0 Å². The summed E-state index contributed by atoms with van der Waals surface area (Å²) in [5.74, 6) is 32.0. The standard InChI is InChI=1S/5C21H24S.5FH/c5*1-2-3-4-5-6-7-18-8-10-19(11-9-18)12-13-20-14-16-21(22)17-15-20;;;;;/h5*8-11,14-17,22H,2-7H2,1H3;5*1H. The predicted octanol–water partition coefficient (Wildman–Crippen LogP) is 30.2. The van der Waals surface area contributed by atoms with Crippen molar-refractivity contribution in [2.75, 3.05) is 0 Å². The number of hydrogen-bond acceptors (Lipinski definition) is 5. The number of unbranched alkanes of at least 4 members (excludes halogenated alkanes) is 20. The second-order valence-electron chi connectivity index (χ2n) is 28.3. The van der Waals surface area contributed by atoms with Gasteiger partial charge in [-0.15, -0.1) is 63.1 Å². The van der Waals surface area contributed by atoms with Crippen LogP contribution in [0.3, 0.4) is 0 Å². The summed E-state index contributed by atoms with van der Waals surface area (Å²) in [7, 11) is 0. The van der Waals surface area contributed by atoms with Crippen LogP contribution in [0, 0.1) is 59.2 Å². The fraction of sp³-hybridized carbons (Fsp3) is 0.333. The fourth-order valence-corrected chi connectivity index (χ4v) is 12.6. The lowest BCUT2D eigenvalue weighted by atomic mass is 10.0. The maximum Gasteiger partial charge on any atom is 0.0249 e. The van der Waals surface area contributed by atoms with E-state index in [9.17, 15) is 0 Å². The van der Waals surface area contributed by atoms with Crippen LogP contribution in [-0.4, -0.2) is 0 Å². The van der Waals surface area contributed by atoms with Crippen molar-refractivity contribution in [3.05, 3.63) is 326 Å². The molecule has 0 saturated carbocycles. The minimum atomic E-state index is 0. The second kappa shape index (κ2) is 66.5. The topological polar surface area (TPSA) is 0 Å². The van der Waals surface area contributed by atoms with Crippen LogP contribution >= 0.6 is 63.1 Å². The van der Waals surface area contributed by atoms with Gasteiger partial charge in [0.15, 0.2) is 0 Å². The quantitative estimate of drug-likeness (QED) is 0.0126. The molecule has 0 aliphatic carbocycles. The lowest BCUT2D eigenvalue weighted by Crippen LogP contribution is -1.86. The van der Waals surface area contributed by atoms with E-state index in [2.05, 4.69) is 278 Å². The molecule has 115 heavy (non-hydrogen) atoms. The van der Waals surface area contributed by atoms with Crippen molar-refractivity contribution in [3.63, 3.8) is 0 Å². The van der Waals surface area contributed by atoms with Crippen molar-refractivity contribution in [2.24, 2.45) is 0 Å². The van der Waals surface area contributed by atoms with Gasteiger partial charge in [-0.3, -0.25) is 23.5 Å². The summed E-state index contributed by atoms with van der Waals surface area (Å²) in [5.41, 5.74) is 17.6. The molecule has 0 radical (unpaired) electrons. The molecule has 0 saturated heterocycles. The van der Waals surface area contributed by atoms with E-state index in [0.717, 1.165) is 80.1 Å². The molecule has 0 aliphatic rings. The second-order valence-corrected chi connectivity index (χ2v) is 30.9. The first-order valence-corrected chi connectivity index (χ1v) is 43.1. The van der Waals surface area contributed by atoms with Crippen molar-refractivity contribution in [1.29, 1.82) is 0 Å². The maximum atomic E-state index is 4.28. The molecule has 0 nitrogen and oxygen atoms in total. The van der Waals surface area contributed by atoms with Gasteiger partial charge in [-0.05, 0) is 274 Å². The number of aryl methyl sites for hydroxylation is 5. The largest absolute Gasteiger partial charge is 0.269 e. The predicted molar refractivity (Wildman–Crippen MR) is 505 cm³/mol. The summed E-state index contributed by atoms with van der Waals surface area (Å²) in [6, 6.07) is 83.0. The van der Waals surface area contributed by atoms with Gasteiger partial charge >= 0.3 is 0 Å². The van der Waals surface area contributed by atoms with Gasteiger partial charge in [0.2, 0.25) is 0 Å². The Morgan fingerprint density at radius 1 is 0.148 bits per heavy atom. The van der Waals surface area contributed by atoms with E-state index in [1.54, 1.807) is 0 Å². The van der Waals surface area contributed by atoms with Gasteiger partial charge in [-0.2, -0.15) is 0 Å². The Balaban J connectivity index is 0.000000711. The molecule has 10 rings (SSSR count). The molecule has 0 N–H and O–H groups in total. The minimum Gasteiger partial charge on any atom is -0.269 e. The fourth-order valence-electron chi connectivity index (χ4n) is 11.9. The van der Waals surface area contributed by atoms with Crippen LogP contribution in [-0.2, 0) is 32.1 Å². The maximum absolute atomic E-state index is 4.28. The van der Waals surface area contributed by atoms with E-state index in [4.69, 9.17) is 0 Å². The highest BCUT2D eigenvalue weighted by molar-refractivity contribution is 7.81. The van der Waals surface area contributed by atoms with Crippen LogP contribution in [0.4, 0.5) is 23.5 Å². The van der Waals surface area contributed by atoms with E-state index >= 15 is 0 Å². The molecule has 10 heteroatoms. The van der Waals surface area contributed by atoms with Gasteiger partial charge in [0, 0.05) is 80.1 Å². The zero-order chi connectivity index (χ0) is 78.1. The Morgan fingerprint density at radius 3 is 0.365 bits per heavy atom. The number of hydrogen-bond donors (Lipinski definition) is 5. The van der Waals surface area contributed by atoms with Crippen LogP contribution in [0.2, 0.25) is 0 Å². The van der Waals surface area contributed by atoms with Crippen molar-refractivity contribution in [1.82, 2.24) is 0 Å². The summed E-state index contributed by atoms with van der Waals surface area (Å²) in [5, 5.41) is 0. The molecule has 10 aromatic rings. The molecule has 0 amide bonds. The lowest BCUT2D eigenvalue weighted by Gasteiger charge is -2.01. The Bertz CT molecular complexity index is 3770. The first-order chi connectivity index (χ1) is 53.9. The SMILES string of the molecule is CCCCCCCc1ccc(C#Cc2ccc(S)cc2)cc1.CCCCCCCc1ccc(C#Cc2ccc(S)cc2)cc1.CCCCCCCc1ccc(C#Cc2ccc(S)cc2)cc1.CCCCCCCc1ccc(C#Cc2ccc(S)cc2)cc1.CCCCCCCc1ccc(C#Cc2ccc(S)cc2)cc1.F.F.F.F.F. The Morgan fingerprint density at radius 2 is 0.252 bits per heavy atom.